The maximum absolute atomic E-state index is 11.1. The number of ether oxygens (including phenoxy) is 1. The molecular formula is C12H17NO3. The van der Waals surface area contributed by atoms with E-state index in [2.05, 4.69) is 0 Å². The number of benzene rings is 1. The van der Waals surface area contributed by atoms with E-state index in [1.54, 1.807) is 13.2 Å². The van der Waals surface area contributed by atoms with Crippen molar-refractivity contribution in [2.24, 2.45) is 5.73 Å². The van der Waals surface area contributed by atoms with Crippen LogP contribution in [0, 0.1) is 0 Å². The Morgan fingerprint density at radius 2 is 2.25 bits per heavy atom. The normalized spacial score (nSPS) is 12.2. The van der Waals surface area contributed by atoms with Crippen molar-refractivity contribution in [3.05, 3.63) is 29.3 Å². The largest absolute Gasteiger partial charge is 0.496 e. The summed E-state index contributed by atoms with van der Waals surface area (Å²) in [5, 5.41) is 9.07. The monoisotopic (exact) mass is 223 g/mol. The summed E-state index contributed by atoms with van der Waals surface area (Å²) in [4.78, 5) is 11.1. The van der Waals surface area contributed by atoms with E-state index in [0.717, 1.165) is 12.0 Å². The van der Waals surface area contributed by atoms with Crippen molar-refractivity contribution in [1.82, 2.24) is 0 Å². The highest BCUT2D eigenvalue weighted by Crippen LogP contribution is 2.30. The Balaban J connectivity index is 3.25. The van der Waals surface area contributed by atoms with Gasteiger partial charge in [-0.2, -0.15) is 0 Å². The fourth-order valence-electron chi connectivity index (χ4n) is 1.77. The van der Waals surface area contributed by atoms with Gasteiger partial charge in [-0.3, -0.25) is 4.79 Å². The molecule has 0 radical (unpaired) electrons. The lowest BCUT2D eigenvalue weighted by Gasteiger charge is -2.16. The Bertz CT molecular complexity index is 377. The van der Waals surface area contributed by atoms with Crippen LogP contribution < -0.4 is 10.5 Å². The van der Waals surface area contributed by atoms with Crippen molar-refractivity contribution in [1.29, 1.82) is 0 Å². The molecule has 16 heavy (non-hydrogen) atoms. The van der Waals surface area contributed by atoms with Gasteiger partial charge in [-0.15, -0.1) is 0 Å². The fraction of sp³-hybridized carbons (Fsp3) is 0.417. The molecule has 0 saturated carbocycles. The first-order chi connectivity index (χ1) is 7.65. The van der Waals surface area contributed by atoms with Crippen molar-refractivity contribution in [3.8, 4) is 5.75 Å². The second kappa shape index (κ2) is 5.51. The molecule has 1 rings (SSSR count). The number of rotatable bonds is 5. The van der Waals surface area contributed by atoms with Gasteiger partial charge in [0.15, 0.2) is 0 Å². The number of nitrogens with two attached hydrogens (primary N) is 1. The van der Waals surface area contributed by atoms with E-state index < -0.39 is 11.9 Å². The first kappa shape index (κ1) is 12.5. The summed E-state index contributed by atoms with van der Waals surface area (Å²) in [5.74, 6) is -0.988. The smallest absolute Gasteiger partial charge is 0.312 e. The number of para-hydroxylation sites is 1. The summed E-state index contributed by atoms with van der Waals surface area (Å²) in [6, 6.07) is 5.52. The Kier molecular flexibility index (Phi) is 4.31. The number of hydrogen-bond acceptors (Lipinski definition) is 3. The second-order valence-electron chi connectivity index (χ2n) is 3.52. The summed E-state index contributed by atoms with van der Waals surface area (Å²) in [5.41, 5.74) is 7.13. The lowest BCUT2D eigenvalue weighted by molar-refractivity contribution is -0.138. The maximum atomic E-state index is 11.1. The summed E-state index contributed by atoms with van der Waals surface area (Å²) in [7, 11) is 1.55. The van der Waals surface area contributed by atoms with E-state index in [9.17, 15) is 4.79 Å². The van der Waals surface area contributed by atoms with Crippen LogP contribution in [0.25, 0.3) is 0 Å². The van der Waals surface area contributed by atoms with Gasteiger partial charge in [0.05, 0.1) is 13.0 Å². The molecule has 4 nitrogen and oxygen atoms in total. The Morgan fingerprint density at radius 3 is 2.69 bits per heavy atom. The summed E-state index contributed by atoms with van der Waals surface area (Å²) in [6.07, 6.45) is 0.800. The number of hydrogen-bond donors (Lipinski definition) is 2. The number of methoxy groups -OCH3 is 1. The molecule has 88 valence electrons. The van der Waals surface area contributed by atoms with E-state index >= 15 is 0 Å². The van der Waals surface area contributed by atoms with Gasteiger partial charge in [0.1, 0.15) is 5.75 Å². The van der Waals surface area contributed by atoms with E-state index in [1.807, 2.05) is 19.1 Å². The van der Waals surface area contributed by atoms with Gasteiger partial charge >= 0.3 is 5.97 Å². The fourth-order valence-corrected chi connectivity index (χ4v) is 1.77. The topological polar surface area (TPSA) is 72.6 Å². The molecule has 3 N–H and O–H groups in total. The van der Waals surface area contributed by atoms with Gasteiger partial charge in [-0.1, -0.05) is 25.1 Å². The minimum Gasteiger partial charge on any atom is -0.496 e. The SMILES string of the molecule is CCc1cccc(C(CN)C(=O)O)c1OC. The van der Waals surface area contributed by atoms with Crippen LogP contribution in [-0.2, 0) is 11.2 Å². The zero-order valence-corrected chi connectivity index (χ0v) is 9.56. The molecule has 0 heterocycles. The van der Waals surface area contributed by atoms with Gasteiger partial charge in [-0.05, 0) is 12.0 Å². The van der Waals surface area contributed by atoms with Crippen molar-refractivity contribution >= 4 is 5.97 Å². The second-order valence-corrected chi connectivity index (χ2v) is 3.52. The molecular weight excluding hydrogens is 206 g/mol. The van der Waals surface area contributed by atoms with Crippen LogP contribution in [0.15, 0.2) is 18.2 Å². The number of aliphatic carboxylic acids is 1. The Morgan fingerprint density at radius 1 is 1.56 bits per heavy atom. The molecule has 0 aliphatic heterocycles. The van der Waals surface area contributed by atoms with Gasteiger partial charge in [0, 0.05) is 12.1 Å². The van der Waals surface area contributed by atoms with Crippen molar-refractivity contribution in [2.75, 3.05) is 13.7 Å². The molecule has 0 amide bonds. The predicted octanol–water partition coefficient (Wildman–Crippen LogP) is 1.38. The molecule has 0 saturated heterocycles. The zero-order valence-electron chi connectivity index (χ0n) is 9.56. The van der Waals surface area contributed by atoms with Crippen LogP contribution in [0.2, 0.25) is 0 Å². The lowest BCUT2D eigenvalue weighted by atomic mass is 9.95. The number of carbonyl (C=O) groups is 1. The average Bonchev–Trinajstić information content (AvgIpc) is 2.29. The quantitative estimate of drug-likeness (QED) is 0.791. The van der Waals surface area contributed by atoms with Gasteiger partial charge in [0.2, 0.25) is 0 Å². The van der Waals surface area contributed by atoms with E-state index in [-0.39, 0.29) is 6.54 Å². The molecule has 0 fully saturated rings. The average molecular weight is 223 g/mol. The van der Waals surface area contributed by atoms with Gasteiger partial charge in [-0.25, -0.2) is 0 Å². The Labute approximate surface area is 95.0 Å². The Hall–Kier alpha value is -1.55. The van der Waals surface area contributed by atoms with E-state index in [1.165, 1.54) is 0 Å². The number of aryl methyl sites for hydroxylation is 1. The molecule has 0 spiro atoms. The van der Waals surface area contributed by atoms with Crippen LogP contribution in [0.1, 0.15) is 24.0 Å². The number of carboxylic acids is 1. The first-order valence-corrected chi connectivity index (χ1v) is 5.24. The third kappa shape index (κ3) is 2.33. The number of carboxylic acid groups (broad SMARTS) is 1. The van der Waals surface area contributed by atoms with Crippen LogP contribution in [-0.4, -0.2) is 24.7 Å². The standard InChI is InChI=1S/C12H17NO3/c1-3-8-5-4-6-9(11(8)16-2)10(7-13)12(14)15/h4-6,10H,3,7,13H2,1-2H3,(H,14,15). The van der Waals surface area contributed by atoms with Crippen LogP contribution in [0.5, 0.6) is 5.75 Å². The molecule has 1 unspecified atom stereocenters. The molecule has 4 heteroatoms. The lowest BCUT2D eigenvalue weighted by Crippen LogP contribution is -2.22. The highest BCUT2D eigenvalue weighted by molar-refractivity contribution is 5.77. The molecule has 1 aromatic rings. The molecule has 0 bridgehead atoms. The van der Waals surface area contributed by atoms with Crippen molar-refractivity contribution in [2.45, 2.75) is 19.3 Å². The molecule has 1 aromatic carbocycles. The summed E-state index contributed by atoms with van der Waals surface area (Å²) < 4.78 is 5.28. The van der Waals surface area contributed by atoms with Crippen molar-refractivity contribution < 1.29 is 14.6 Å². The third-order valence-corrected chi connectivity index (χ3v) is 2.62. The predicted molar refractivity (Wildman–Crippen MR) is 61.8 cm³/mol. The van der Waals surface area contributed by atoms with E-state index in [0.29, 0.717) is 11.3 Å². The minimum atomic E-state index is -0.922. The van der Waals surface area contributed by atoms with Gasteiger partial charge in [0.25, 0.3) is 0 Å². The van der Waals surface area contributed by atoms with Crippen molar-refractivity contribution in [3.63, 3.8) is 0 Å². The minimum absolute atomic E-state index is 0.0683. The van der Waals surface area contributed by atoms with Crippen LogP contribution in [0.4, 0.5) is 0 Å². The van der Waals surface area contributed by atoms with Gasteiger partial charge < -0.3 is 15.6 Å². The summed E-state index contributed by atoms with van der Waals surface area (Å²) >= 11 is 0. The first-order valence-electron chi connectivity index (χ1n) is 5.24. The van der Waals surface area contributed by atoms with Crippen LogP contribution >= 0.6 is 0 Å². The highest BCUT2D eigenvalue weighted by Gasteiger charge is 2.22. The third-order valence-electron chi connectivity index (χ3n) is 2.62. The van der Waals surface area contributed by atoms with E-state index in [4.69, 9.17) is 15.6 Å². The molecule has 0 aliphatic rings. The maximum Gasteiger partial charge on any atom is 0.312 e. The van der Waals surface area contributed by atoms with Crippen LogP contribution in [0.3, 0.4) is 0 Å². The molecule has 0 aromatic heterocycles. The highest BCUT2D eigenvalue weighted by atomic mass is 16.5. The molecule has 0 aliphatic carbocycles. The summed E-state index contributed by atoms with van der Waals surface area (Å²) in [6.45, 7) is 2.07. The zero-order chi connectivity index (χ0) is 12.1. The molecule has 1 atom stereocenters.